The molecule has 1 amide bonds. The Hall–Kier alpha value is -3.56. The van der Waals surface area contributed by atoms with E-state index < -0.39 is 0 Å². The normalized spacial score (nSPS) is 15.3. The summed E-state index contributed by atoms with van der Waals surface area (Å²) >= 11 is 7.39. The summed E-state index contributed by atoms with van der Waals surface area (Å²) < 4.78 is 12.8. The number of benzene rings is 2. The van der Waals surface area contributed by atoms with Gasteiger partial charge in [0.15, 0.2) is 5.16 Å². The van der Waals surface area contributed by atoms with Gasteiger partial charge in [-0.25, -0.2) is 14.8 Å². The number of hydrogen-bond donors (Lipinski definition) is 0. The van der Waals surface area contributed by atoms with Crippen LogP contribution in [0.2, 0.25) is 5.02 Å². The first kappa shape index (κ1) is 25.1. The average Bonchev–Trinajstić information content (AvgIpc) is 3.65. The molecule has 5 rings (SSSR count). The SMILES string of the molecule is CCOC(=O)c1ccc2c(c1)nc(SCC(=O)N1N=C(c3ccc(Cl)cc3)C[C@@H]1c1ccco1)n2CC. The van der Waals surface area contributed by atoms with Crippen molar-refractivity contribution in [3.05, 3.63) is 82.8 Å². The zero-order valence-electron chi connectivity index (χ0n) is 20.4. The lowest BCUT2D eigenvalue weighted by atomic mass is 10.0. The third-order valence-corrected chi connectivity index (χ3v) is 7.29. The summed E-state index contributed by atoms with van der Waals surface area (Å²) in [5, 5.41) is 7.52. The predicted molar refractivity (Wildman–Crippen MR) is 143 cm³/mol. The van der Waals surface area contributed by atoms with Gasteiger partial charge in [-0.1, -0.05) is 35.5 Å². The number of aromatic nitrogens is 2. The highest BCUT2D eigenvalue weighted by Gasteiger charge is 2.35. The van der Waals surface area contributed by atoms with E-state index in [-0.39, 0.29) is 23.7 Å². The number of carbonyl (C=O) groups is 2. The van der Waals surface area contributed by atoms with Crippen molar-refractivity contribution in [3.63, 3.8) is 0 Å². The summed E-state index contributed by atoms with van der Waals surface area (Å²) in [6.07, 6.45) is 2.14. The summed E-state index contributed by atoms with van der Waals surface area (Å²) in [4.78, 5) is 30.3. The van der Waals surface area contributed by atoms with E-state index >= 15 is 0 Å². The molecule has 4 aromatic rings. The van der Waals surface area contributed by atoms with Crippen molar-refractivity contribution >= 4 is 52.0 Å². The van der Waals surface area contributed by atoms with Crippen LogP contribution in [0.5, 0.6) is 0 Å². The smallest absolute Gasteiger partial charge is 0.338 e. The number of nitrogens with zero attached hydrogens (tertiary/aromatic N) is 4. The van der Waals surface area contributed by atoms with Crippen molar-refractivity contribution < 1.29 is 18.7 Å². The Morgan fingerprint density at radius 1 is 1.16 bits per heavy atom. The van der Waals surface area contributed by atoms with Crippen molar-refractivity contribution in [2.45, 2.75) is 38.0 Å². The Labute approximate surface area is 223 Å². The number of imidazole rings is 1. The number of hydrazone groups is 1. The Morgan fingerprint density at radius 2 is 1.97 bits per heavy atom. The van der Waals surface area contributed by atoms with Crippen LogP contribution >= 0.6 is 23.4 Å². The second-order valence-electron chi connectivity index (χ2n) is 8.38. The van der Waals surface area contributed by atoms with Gasteiger partial charge < -0.3 is 13.7 Å². The highest BCUT2D eigenvalue weighted by Crippen LogP contribution is 2.34. The second-order valence-corrected chi connectivity index (χ2v) is 9.76. The first-order chi connectivity index (χ1) is 18.0. The number of furan rings is 1. The van der Waals surface area contributed by atoms with Crippen molar-refractivity contribution in [1.82, 2.24) is 14.6 Å². The first-order valence-electron chi connectivity index (χ1n) is 12.0. The molecular formula is C27H25ClN4O4S. The van der Waals surface area contributed by atoms with Crippen LogP contribution in [0.25, 0.3) is 11.0 Å². The third-order valence-electron chi connectivity index (χ3n) is 6.08. The van der Waals surface area contributed by atoms with Crippen molar-refractivity contribution in [3.8, 4) is 0 Å². The number of fused-ring (bicyclic) bond motifs is 1. The van der Waals surface area contributed by atoms with E-state index in [2.05, 4.69) is 5.10 Å². The van der Waals surface area contributed by atoms with Crippen LogP contribution in [0.15, 0.2) is 75.5 Å². The number of amides is 1. The third kappa shape index (κ3) is 5.14. The van der Waals surface area contributed by atoms with E-state index in [9.17, 15) is 9.59 Å². The van der Waals surface area contributed by atoms with Gasteiger partial charge in [-0.3, -0.25) is 4.79 Å². The number of hydrogen-bond acceptors (Lipinski definition) is 7. The molecule has 2 aromatic carbocycles. The number of ether oxygens (including phenoxy) is 1. The molecule has 0 aliphatic carbocycles. The number of esters is 1. The Kier molecular flexibility index (Phi) is 7.34. The maximum atomic E-state index is 13.4. The quantitative estimate of drug-likeness (QED) is 0.204. The number of halogens is 1. The van der Waals surface area contributed by atoms with Gasteiger partial charge in [0.2, 0.25) is 0 Å². The Balaban J connectivity index is 1.38. The maximum Gasteiger partial charge on any atom is 0.338 e. The molecule has 0 unspecified atom stereocenters. The first-order valence-corrected chi connectivity index (χ1v) is 13.3. The minimum Gasteiger partial charge on any atom is -0.467 e. The number of carbonyl (C=O) groups excluding carboxylic acids is 2. The number of rotatable bonds is 8. The molecule has 0 radical (unpaired) electrons. The van der Waals surface area contributed by atoms with Crippen LogP contribution in [-0.4, -0.2) is 44.5 Å². The van der Waals surface area contributed by atoms with Crippen LogP contribution in [0, 0.1) is 0 Å². The molecule has 2 aromatic heterocycles. The second kappa shape index (κ2) is 10.8. The predicted octanol–water partition coefficient (Wildman–Crippen LogP) is 5.95. The van der Waals surface area contributed by atoms with Gasteiger partial charge in [-0.2, -0.15) is 5.10 Å². The molecule has 0 bridgehead atoms. The van der Waals surface area contributed by atoms with Crippen LogP contribution in [-0.2, 0) is 16.1 Å². The van der Waals surface area contributed by atoms with E-state index in [4.69, 9.17) is 25.7 Å². The van der Waals surface area contributed by atoms with E-state index in [1.807, 2.05) is 47.9 Å². The minimum atomic E-state index is -0.382. The highest BCUT2D eigenvalue weighted by atomic mass is 35.5. The van der Waals surface area contributed by atoms with Crippen molar-refractivity contribution in [2.24, 2.45) is 5.10 Å². The monoisotopic (exact) mass is 536 g/mol. The average molecular weight is 537 g/mol. The molecule has 10 heteroatoms. The largest absolute Gasteiger partial charge is 0.467 e. The van der Waals surface area contributed by atoms with Gasteiger partial charge in [-0.05, 0) is 61.9 Å². The zero-order chi connectivity index (χ0) is 25.9. The Morgan fingerprint density at radius 3 is 2.68 bits per heavy atom. The van der Waals surface area contributed by atoms with Gasteiger partial charge in [0.25, 0.3) is 5.91 Å². The van der Waals surface area contributed by atoms with E-state index in [0.717, 1.165) is 16.8 Å². The molecule has 190 valence electrons. The lowest BCUT2D eigenvalue weighted by Gasteiger charge is -2.19. The fourth-order valence-corrected chi connectivity index (χ4v) is 5.37. The highest BCUT2D eigenvalue weighted by molar-refractivity contribution is 7.99. The summed E-state index contributed by atoms with van der Waals surface area (Å²) in [5.74, 6) is 0.283. The lowest BCUT2D eigenvalue weighted by molar-refractivity contribution is -0.130. The molecule has 1 atom stereocenters. The number of thioether (sulfide) groups is 1. The molecule has 0 spiro atoms. The van der Waals surface area contributed by atoms with Gasteiger partial charge in [-0.15, -0.1) is 0 Å². The van der Waals surface area contributed by atoms with Crippen LogP contribution in [0.4, 0.5) is 0 Å². The van der Waals surface area contributed by atoms with Crippen LogP contribution < -0.4 is 0 Å². The fourth-order valence-electron chi connectivity index (χ4n) is 4.32. The molecule has 1 aliphatic rings. The van der Waals surface area contributed by atoms with Crippen LogP contribution in [0.1, 0.15) is 48.0 Å². The van der Waals surface area contributed by atoms with Crippen LogP contribution in [0.3, 0.4) is 0 Å². The molecule has 1 aliphatic heterocycles. The minimum absolute atomic E-state index is 0.142. The molecule has 8 nitrogen and oxygen atoms in total. The molecule has 0 fully saturated rings. The van der Waals surface area contributed by atoms with Gasteiger partial charge in [0.1, 0.15) is 11.8 Å². The van der Waals surface area contributed by atoms with E-state index in [1.54, 1.807) is 31.4 Å². The van der Waals surface area contributed by atoms with Gasteiger partial charge >= 0.3 is 5.97 Å². The van der Waals surface area contributed by atoms with Crippen molar-refractivity contribution in [2.75, 3.05) is 12.4 Å². The topological polar surface area (TPSA) is 89.9 Å². The van der Waals surface area contributed by atoms with E-state index in [1.165, 1.54) is 16.8 Å². The maximum absolute atomic E-state index is 13.4. The molecule has 37 heavy (non-hydrogen) atoms. The Bertz CT molecular complexity index is 1460. The lowest BCUT2D eigenvalue weighted by Crippen LogP contribution is -2.28. The molecule has 0 N–H and O–H groups in total. The van der Waals surface area contributed by atoms with Gasteiger partial charge in [0, 0.05) is 18.0 Å². The standard InChI is InChI=1S/C27H25ClN4O4S/c1-3-31-22-12-9-18(26(34)35-4-2)14-21(22)29-27(31)37-16-25(33)32-23(24-6-5-13-36-24)15-20(30-32)17-7-10-19(28)11-8-17/h5-14,23H,3-4,15-16H2,1-2H3/t23-/m1/s1. The van der Waals surface area contributed by atoms with Gasteiger partial charge in [0.05, 0.1) is 40.9 Å². The number of aryl methyl sites for hydroxylation is 1. The fraction of sp³-hybridized carbons (Fsp3) is 0.259. The molecular weight excluding hydrogens is 512 g/mol. The molecule has 0 saturated carbocycles. The summed E-state index contributed by atoms with van der Waals surface area (Å²) in [7, 11) is 0. The molecule has 3 heterocycles. The van der Waals surface area contributed by atoms with Crippen molar-refractivity contribution in [1.29, 1.82) is 0 Å². The van der Waals surface area contributed by atoms with E-state index in [0.29, 0.717) is 46.6 Å². The zero-order valence-corrected chi connectivity index (χ0v) is 22.0. The summed E-state index contributed by atoms with van der Waals surface area (Å²) in [6.45, 7) is 4.76. The molecule has 0 saturated heterocycles. The summed E-state index contributed by atoms with van der Waals surface area (Å²) in [5.41, 5.74) is 3.73. The summed E-state index contributed by atoms with van der Waals surface area (Å²) in [6, 6.07) is 16.1.